The predicted octanol–water partition coefficient (Wildman–Crippen LogP) is 1.33. The SMILES string of the molecule is O=C(NCc1cncc(-c2ccoc2)c1)N[C@@H]1CCS(=O)(=O)C1. The fourth-order valence-electron chi connectivity index (χ4n) is 2.50. The molecule has 3 rings (SSSR count). The molecular formula is C15H17N3O4S. The zero-order valence-electron chi connectivity index (χ0n) is 12.4. The average molecular weight is 335 g/mol. The van der Waals surface area contributed by atoms with Crippen molar-refractivity contribution >= 4 is 15.9 Å². The van der Waals surface area contributed by atoms with Gasteiger partial charge in [0.1, 0.15) is 0 Å². The smallest absolute Gasteiger partial charge is 0.315 e. The summed E-state index contributed by atoms with van der Waals surface area (Å²) in [5, 5.41) is 5.40. The highest BCUT2D eigenvalue weighted by atomic mass is 32.2. The number of nitrogens with one attached hydrogen (secondary N) is 2. The van der Waals surface area contributed by atoms with E-state index in [1.165, 1.54) is 0 Å². The van der Waals surface area contributed by atoms with Crippen LogP contribution in [0.3, 0.4) is 0 Å². The van der Waals surface area contributed by atoms with Gasteiger partial charge in [0.05, 0.1) is 24.0 Å². The molecule has 1 saturated heterocycles. The molecule has 0 unspecified atom stereocenters. The van der Waals surface area contributed by atoms with Crippen molar-refractivity contribution in [2.24, 2.45) is 0 Å². The lowest BCUT2D eigenvalue weighted by molar-refractivity contribution is 0.237. The summed E-state index contributed by atoms with van der Waals surface area (Å²) >= 11 is 0. The highest BCUT2D eigenvalue weighted by Gasteiger charge is 2.28. The molecule has 23 heavy (non-hydrogen) atoms. The highest BCUT2D eigenvalue weighted by Crippen LogP contribution is 2.19. The zero-order valence-corrected chi connectivity index (χ0v) is 13.2. The maximum absolute atomic E-state index is 11.8. The fraction of sp³-hybridized carbons (Fsp3) is 0.333. The normalized spacial score (nSPS) is 19.4. The molecule has 2 amide bonds. The lowest BCUT2D eigenvalue weighted by Crippen LogP contribution is -2.42. The Morgan fingerprint density at radius 1 is 1.35 bits per heavy atom. The van der Waals surface area contributed by atoms with E-state index in [-0.39, 0.29) is 23.6 Å². The van der Waals surface area contributed by atoms with Crippen molar-refractivity contribution in [1.29, 1.82) is 0 Å². The minimum Gasteiger partial charge on any atom is -0.472 e. The van der Waals surface area contributed by atoms with E-state index in [1.54, 1.807) is 24.9 Å². The predicted molar refractivity (Wildman–Crippen MR) is 84.4 cm³/mol. The van der Waals surface area contributed by atoms with Gasteiger partial charge in [-0.25, -0.2) is 13.2 Å². The van der Waals surface area contributed by atoms with Crippen molar-refractivity contribution < 1.29 is 17.6 Å². The van der Waals surface area contributed by atoms with Crippen LogP contribution in [0.5, 0.6) is 0 Å². The number of hydrogen-bond donors (Lipinski definition) is 2. The Kier molecular flexibility index (Phi) is 4.33. The van der Waals surface area contributed by atoms with Crippen LogP contribution in [0.25, 0.3) is 11.1 Å². The fourth-order valence-corrected chi connectivity index (χ4v) is 4.17. The Labute approximate surface area is 134 Å². The first-order valence-corrected chi connectivity index (χ1v) is 9.05. The third-order valence-corrected chi connectivity index (χ3v) is 5.44. The van der Waals surface area contributed by atoms with E-state index in [9.17, 15) is 13.2 Å². The van der Waals surface area contributed by atoms with Crippen molar-refractivity contribution in [3.8, 4) is 11.1 Å². The standard InChI is InChI=1S/C15H17N3O4S/c19-15(18-14-2-4-23(20,21)10-14)17-7-11-5-13(8-16-6-11)12-1-3-22-9-12/h1,3,5-6,8-9,14H,2,4,7,10H2,(H2,17,18,19)/t14-/m1/s1. The van der Waals surface area contributed by atoms with E-state index in [0.29, 0.717) is 13.0 Å². The molecule has 0 aliphatic carbocycles. The van der Waals surface area contributed by atoms with Crippen LogP contribution in [-0.2, 0) is 16.4 Å². The summed E-state index contributed by atoms with van der Waals surface area (Å²) in [5.41, 5.74) is 2.67. The Bertz CT molecular complexity index is 787. The molecule has 2 aromatic rings. The second kappa shape index (κ2) is 6.41. The van der Waals surface area contributed by atoms with Crippen LogP contribution in [-0.4, -0.2) is 37.0 Å². The van der Waals surface area contributed by atoms with Crippen LogP contribution in [0.4, 0.5) is 4.79 Å². The molecule has 2 aromatic heterocycles. The molecular weight excluding hydrogens is 318 g/mol. The number of pyridine rings is 1. The van der Waals surface area contributed by atoms with Gasteiger partial charge in [0.25, 0.3) is 0 Å². The van der Waals surface area contributed by atoms with Crippen LogP contribution in [0.2, 0.25) is 0 Å². The van der Waals surface area contributed by atoms with Gasteiger partial charge in [-0.3, -0.25) is 4.98 Å². The van der Waals surface area contributed by atoms with E-state index < -0.39 is 9.84 Å². The third kappa shape index (κ3) is 4.10. The Hall–Kier alpha value is -2.35. The number of sulfone groups is 1. The lowest BCUT2D eigenvalue weighted by atomic mass is 10.1. The summed E-state index contributed by atoms with van der Waals surface area (Å²) in [7, 11) is -3.00. The van der Waals surface area contributed by atoms with E-state index in [1.807, 2.05) is 12.1 Å². The number of carbonyl (C=O) groups excluding carboxylic acids is 1. The molecule has 0 saturated carbocycles. The van der Waals surface area contributed by atoms with Crippen LogP contribution < -0.4 is 10.6 Å². The van der Waals surface area contributed by atoms with E-state index in [4.69, 9.17) is 4.42 Å². The van der Waals surface area contributed by atoms with Crippen LogP contribution in [0, 0.1) is 0 Å². The summed E-state index contributed by atoms with van der Waals surface area (Å²) in [6.45, 7) is 0.310. The van der Waals surface area contributed by atoms with E-state index >= 15 is 0 Å². The van der Waals surface area contributed by atoms with Gasteiger partial charge in [-0.1, -0.05) is 0 Å². The molecule has 1 fully saturated rings. The first-order valence-electron chi connectivity index (χ1n) is 7.23. The summed E-state index contributed by atoms with van der Waals surface area (Å²) < 4.78 is 27.8. The number of aromatic nitrogens is 1. The molecule has 1 atom stereocenters. The minimum absolute atomic E-state index is 0.0119. The topological polar surface area (TPSA) is 101 Å². The molecule has 8 heteroatoms. The second-order valence-corrected chi connectivity index (χ2v) is 7.75. The molecule has 2 N–H and O–H groups in total. The van der Waals surface area contributed by atoms with Crippen LogP contribution in [0.1, 0.15) is 12.0 Å². The largest absolute Gasteiger partial charge is 0.472 e. The van der Waals surface area contributed by atoms with Gasteiger partial charge in [0.2, 0.25) is 0 Å². The number of carbonyl (C=O) groups is 1. The Morgan fingerprint density at radius 3 is 2.91 bits per heavy atom. The molecule has 7 nitrogen and oxygen atoms in total. The molecule has 0 spiro atoms. The van der Waals surface area contributed by atoms with Gasteiger partial charge < -0.3 is 15.1 Å². The van der Waals surface area contributed by atoms with Gasteiger partial charge >= 0.3 is 6.03 Å². The monoisotopic (exact) mass is 335 g/mol. The Morgan fingerprint density at radius 2 is 2.22 bits per heavy atom. The molecule has 1 aliphatic rings. The quantitative estimate of drug-likeness (QED) is 0.878. The first-order chi connectivity index (χ1) is 11.0. The first kappa shape index (κ1) is 15.5. The van der Waals surface area contributed by atoms with Crippen LogP contribution in [0.15, 0.2) is 41.5 Å². The second-order valence-electron chi connectivity index (χ2n) is 5.52. The maximum atomic E-state index is 11.8. The summed E-state index contributed by atoms with van der Waals surface area (Å²) in [6.07, 6.45) is 7.07. The molecule has 3 heterocycles. The summed E-state index contributed by atoms with van der Waals surface area (Å²) in [6, 6.07) is 3.07. The minimum atomic E-state index is -3.00. The van der Waals surface area contributed by atoms with Crippen LogP contribution >= 0.6 is 0 Å². The van der Waals surface area contributed by atoms with Crippen molar-refractivity contribution in [2.75, 3.05) is 11.5 Å². The number of amides is 2. The van der Waals surface area contributed by atoms with Crippen molar-refractivity contribution in [2.45, 2.75) is 19.0 Å². The molecule has 0 bridgehead atoms. The molecule has 0 radical (unpaired) electrons. The Balaban J connectivity index is 1.54. The zero-order chi connectivity index (χ0) is 16.3. The number of nitrogens with zero attached hydrogens (tertiary/aromatic N) is 1. The van der Waals surface area contributed by atoms with Gasteiger partial charge in [-0.15, -0.1) is 0 Å². The molecule has 122 valence electrons. The third-order valence-electron chi connectivity index (χ3n) is 3.67. The molecule has 0 aromatic carbocycles. The number of urea groups is 1. The van der Waals surface area contributed by atoms with Crippen molar-refractivity contribution in [3.05, 3.63) is 42.6 Å². The number of hydrogen-bond acceptors (Lipinski definition) is 5. The lowest BCUT2D eigenvalue weighted by Gasteiger charge is -2.12. The average Bonchev–Trinajstić information content (AvgIpc) is 3.15. The maximum Gasteiger partial charge on any atom is 0.315 e. The highest BCUT2D eigenvalue weighted by molar-refractivity contribution is 7.91. The van der Waals surface area contributed by atoms with Crippen molar-refractivity contribution in [1.82, 2.24) is 15.6 Å². The van der Waals surface area contributed by atoms with E-state index in [2.05, 4.69) is 15.6 Å². The van der Waals surface area contributed by atoms with E-state index in [0.717, 1.165) is 16.7 Å². The summed E-state index contributed by atoms with van der Waals surface area (Å²) in [4.78, 5) is 16.0. The van der Waals surface area contributed by atoms with Gasteiger partial charge in [0.15, 0.2) is 9.84 Å². The molecule has 1 aliphatic heterocycles. The van der Waals surface area contributed by atoms with Gasteiger partial charge in [-0.2, -0.15) is 0 Å². The number of rotatable bonds is 4. The van der Waals surface area contributed by atoms with Gasteiger partial charge in [0, 0.05) is 36.1 Å². The summed E-state index contributed by atoms with van der Waals surface area (Å²) in [5.74, 6) is 0.145. The number of furan rings is 1. The van der Waals surface area contributed by atoms with Gasteiger partial charge in [-0.05, 0) is 24.1 Å². The van der Waals surface area contributed by atoms with Crippen molar-refractivity contribution in [3.63, 3.8) is 0 Å².